The Morgan fingerprint density at radius 3 is 2.52 bits per heavy atom. The summed E-state index contributed by atoms with van der Waals surface area (Å²) in [6, 6.07) is 8.46. The summed E-state index contributed by atoms with van der Waals surface area (Å²) < 4.78 is 0. The molecule has 4 nitrogen and oxygen atoms in total. The smallest absolute Gasteiger partial charge is 0.237 e. The number of primary amides is 1. The minimum absolute atomic E-state index is 0.281. The molecule has 1 unspecified atom stereocenters. The lowest BCUT2D eigenvalue weighted by molar-refractivity contribution is -0.123. The standard InChI is InChI=1S/C17H29N3O/c1-5-20(15-11-7-6-10-14(15)2)13-9-8-12-17(3,19-4)16(18)21/h6-7,10-11,19H,5,8-9,12-13H2,1-4H3,(H2,18,21). The fourth-order valence-electron chi connectivity index (χ4n) is 2.52. The summed E-state index contributed by atoms with van der Waals surface area (Å²) in [6.45, 7) is 8.18. The molecular weight excluding hydrogens is 262 g/mol. The topological polar surface area (TPSA) is 58.4 Å². The predicted octanol–water partition coefficient (Wildman–Crippen LogP) is 2.46. The van der Waals surface area contributed by atoms with Crippen LogP contribution < -0.4 is 16.0 Å². The number of nitrogens with one attached hydrogen (secondary N) is 1. The Bertz CT molecular complexity index is 461. The van der Waals surface area contributed by atoms with E-state index in [1.54, 1.807) is 7.05 Å². The molecule has 0 radical (unpaired) electrons. The molecule has 1 aromatic rings. The average molecular weight is 291 g/mol. The van der Waals surface area contributed by atoms with Crippen molar-refractivity contribution in [2.24, 2.45) is 5.73 Å². The normalized spacial score (nSPS) is 13.7. The van der Waals surface area contributed by atoms with Gasteiger partial charge in [0.15, 0.2) is 0 Å². The maximum atomic E-state index is 11.5. The van der Waals surface area contributed by atoms with E-state index in [9.17, 15) is 4.79 Å². The highest BCUT2D eigenvalue weighted by molar-refractivity contribution is 5.84. The van der Waals surface area contributed by atoms with Crippen molar-refractivity contribution < 1.29 is 4.79 Å². The van der Waals surface area contributed by atoms with Crippen LogP contribution in [-0.4, -0.2) is 31.6 Å². The first-order valence-electron chi connectivity index (χ1n) is 7.74. The van der Waals surface area contributed by atoms with Crippen LogP contribution >= 0.6 is 0 Å². The fourth-order valence-corrected chi connectivity index (χ4v) is 2.52. The Kier molecular flexibility index (Phi) is 6.69. The number of likely N-dealkylation sites (N-methyl/N-ethyl adjacent to an activating group) is 1. The van der Waals surface area contributed by atoms with Crippen molar-refractivity contribution in [2.45, 2.75) is 45.6 Å². The second kappa shape index (κ2) is 8.03. The zero-order valence-corrected chi connectivity index (χ0v) is 13.8. The zero-order valence-electron chi connectivity index (χ0n) is 13.8. The van der Waals surface area contributed by atoms with E-state index in [1.807, 2.05) is 6.92 Å². The molecule has 0 fully saturated rings. The van der Waals surface area contributed by atoms with Gasteiger partial charge in [0.2, 0.25) is 5.91 Å². The van der Waals surface area contributed by atoms with Crippen LogP contribution in [0.25, 0.3) is 0 Å². The predicted molar refractivity (Wildman–Crippen MR) is 89.6 cm³/mol. The van der Waals surface area contributed by atoms with Crippen LogP contribution in [0.5, 0.6) is 0 Å². The van der Waals surface area contributed by atoms with E-state index in [4.69, 9.17) is 5.73 Å². The molecule has 0 bridgehead atoms. The van der Waals surface area contributed by atoms with Gasteiger partial charge in [-0.3, -0.25) is 4.79 Å². The molecule has 0 spiro atoms. The minimum Gasteiger partial charge on any atom is -0.372 e. The van der Waals surface area contributed by atoms with Crippen LogP contribution in [0.1, 0.15) is 38.7 Å². The van der Waals surface area contributed by atoms with Crippen LogP contribution in [0.15, 0.2) is 24.3 Å². The minimum atomic E-state index is -0.598. The highest BCUT2D eigenvalue weighted by Gasteiger charge is 2.27. The van der Waals surface area contributed by atoms with Crippen molar-refractivity contribution in [3.63, 3.8) is 0 Å². The van der Waals surface area contributed by atoms with Crippen molar-refractivity contribution in [1.82, 2.24) is 5.32 Å². The Morgan fingerprint density at radius 2 is 2.00 bits per heavy atom. The summed E-state index contributed by atoms with van der Waals surface area (Å²) in [4.78, 5) is 13.8. The van der Waals surface area contributed by atoms with Gasteiger partial charge in [-0.1, -0.05) is 18.2 Å². The monoisotopic (exact) mass is 291 g/mol. The number of hydrogen-bond acceptors (Lipinski definition) is 3. The first-order valence-corrected chi connectivity index (χ1v) is 7.74. The molecule has 0 aliphatic rings. The van der Waals surface area contributed by atoms with Crippen LogP contribution in [0.4, 0.5) is 5.69 Å². The van der Waals surface area contributed by atoms with Crippen molar-refractivity contribution >= 4 is 11.6 Å². The molecule has 0 saturated carbocycles. The highest BCUT2D eigenvalue weighted by atomic mass is 16.1. The number of carbonyl (C=O) groups excluding carboxylic acids is 1. The molecule has 0 saturated heterocycles. The molecule has 1 aromatic carbocycles. The molecular formula is C17H29N3O. The Hall–Kier alpha value is -1.55. The van der Waals surface area contributed by atoms with E-state index < -0.39 is 5.54 Å². The van der Waals surface area contributed by atoms with Gasteiger partial charge in [0.05, 0.1) is 5.54 Å². The number of para-hydroxylation sites is 1. The third kappa shape index (κ3) is 4.74. The molecule has 21 heavy (non-hydrogen) atoms. The van der Waals surface area contributed by atoms with E-state index in [-0.39, 0.29) is 5.91 Å². The third-order valence-electron chi connectivity index (χ3n) is 4.29. The molecule has 1 atom stereocenters. The number of carbonyl (C=O) groups is 1. The molecule has 3 N–H and O–H groups in total. The van der Waals surface area contributed by atoms with Crippen molar-refractivity contribution in [2.75, 3.05) is 25.0 Å². The Morgan fingerprint density at radius 1 is 1.33 bits per heavy atom. The van der Waals surface area contributed by atoms with Gasteiger partial charge < -0.3 is 16.0 Å². The second-order valence-corrected chi connectivity index (χ2v) is 5.77. The first-order chi connectivity index (χ1) is 9.94. The molecule has 0 aliphatic carbocycles. The highest BCUT2D eigenvalue weighted by Crippen LogP contribution is 2.20. The van der Waals surface area contributed by atoms with Gasteiger partial charge in [-0.05, 0) is 58.7 Å². The number of anilines is 1. The van der Waals surface area contributed by atoms with Gasteiger partial charge in [0.1, 0.15) is 0 Å². The SMILES string of the molecule is CCN(CCCCC(C)(NC)C(N)=O)c1ccccc1C. The van der Waals surface area contributed by atoms with Crippen molar-refractivity contribution in [1.29, 1.82) is 0 Å². The summed E-state index contributed by atoms with van der Waals surface area (Å²) in [5, 5.41) is 3.03. The van der Waals surface area contributed by atoms with E-state index >= 15 is 0 Å². The number of amides is 1. The lowest BCUT2D eigenvalue weighted by Crippen LogP contribution is -2.51. The van der Waals surface area contributed by atoms with Crippen LogP contribution in [0.2, 0.25) is 0 Å². The number of nitrogens with zero attached hydrogens (tertiary/aromatic N) is 1. The quantitative estimate of drug-likeness (QED) is 0.687. The van der Waals surface area contributed by atoms with Crippen LogP contribution in [-0.2, 0) is 4.79 Å². The van der Waals surface area contributed by atoms with Gasteiger partial charge >= 0.3 is 0 Å². The zero-order chi connectivity index (χ0) is 15.9. The number of aryl methyl sites for hydroxylation is 1. The van der Waals surface area contributed by atoms with E-state index in [2.05, 4.69) is 48.3 Å². The maximum Gasteiger partial charge on any atom is 0.237 e. The summed E-state index contributed by atoms with van der Waals surface area (Å²) in [5.74, 6) is -0.281. The van der Waals surface area contributed by atoms with Gasteiger partial charge in [-0.2, -0.15) is 0 Å². The van der Waals surface area contributed by atoms with Gasteiger partial charge in [-0.15, -0.1) is 0 Å². The van der Waals surface area contributed by atoms with Crippen LogP contribution in [0, 0.1) is 6.92 Å². The van der Waals surface area contributed by atoms with Gasteiger partial charge in [0, 0.05) is 18.8 Å². The third-order valence-corrected chi connectivity index (χ3v) is 4.29. The molecule has 4 heteroatoms. The van der Waals surface area contributed by atoms with Gasteiger partial charge in [-0.25, -0.2) is 0 Å². The molecule has 0 aromatic heterocycles. The summed E-state index contributed by atoms with van der Waals surface area (Å²) >= 11 is 0. The van der Waals surface area contributed by atoms with Crippen LogP contribution in [0.3, 0.4) is 0 Å². The number of nitrogens with two attached hydrogens (primary N) is 1. The van der Waals surface area contributed by atoms with E-state index in [0.717, 1.165) is 32.4 Å². The largest absolute Gasteiger partial charge is 0.372 e. The van der Waals surface area contributed by atoms with E-state index in [1.165, 1.54) is 11.3 Å². The fraction of sp³-hybridized carbons (Fsp3) is 0.588. The lowest BCUT2D eigenvalue weighted by atomic mass is 9.94. The number of benzene rings is 1. The van der Waals surface area contributed by atoms with Gasteiger partial charge in [0.25, 0.3) is 0 Å². The average Bonchev–Trinajstić information content (AvgIpc) is 2.48. The maximum absolute atomic E-state index is 11.5. The molecule has 1 rings (SSSR count). The molecule has 118 valence electrons. The first kappa shape index (κ1) is 17.5. The number of hydrogen-bond donors (Lipinski definition) is 2. The Balaban J connectivity index is 2.51. The summed E-state index contributed by atoms with van der Waals surface area (Å²) in [5.41, 5.74) is 7.45. The molecule has 0 aliphatic heterocycles. The Labute approximate surface area is 128 Å². The lowest BCUT2D eigenvalue weighted by Gasteiger charge is -2.27. The number of unbranched alkanes of at least 4 members (excludes halogenated alkanes) is 1. The second-order valence-electron chi connectivity index (χ2n) is 5.77. The molecule has 0 heterocycles. The van der Waals surface area contributed by atoms with Crippen molar-refractivity contribution in [3.05, 3.63) is 29.8 Å². The van der Waals surface area contributed by atoms with Crippen molar-refractivity contribution in [3.8, 4) is 0 Å². The molecule has 1 amide bonds. The van der Waals surface area contributed by atoms with E-state index in [0.29, 0.717) is 0 Å². The number of rotatable bonds is 9. The summed E-state index contributed by atoms with van der Waals surface area (Å²) in [7, 11) is 1.79. The summed E-state index contributed by atoms with van der Waals surface area (Å²) in [6.07, 6.45) is 2.79.